The summed E-state index contributed by atoms with van der Waals surface area (Å²) >= 11 is 0. The number of para-hydroxylation sites is 1. The fourth-order valence-electron chi connectivity index (χ4n) is 16.9. The number of benzene rings is 10. The molecule has 0 fully saturated rings. The first-order valence-electron chi connectivity index (χ1n) is 39.5. The van der Waals surface area contributed by atoms with E-state index in [-0.39, 0.29) is 55.9 Å². The van der Waals surface area contributed by atoms with Gasteiger partial charge in [-0.3, -0.25) is 38.8 Å². The van der Waals surface area contributed by atoms with Crippen LogP contribution in [0.25, 0.3) is 43.6 Å². The van der Waals surface area contributed by atoms with Crippen LogP contribution in [0.4, 0.5) is 46.0 Å². The quantitative estimate of drug-likeness (QED) is 0.106. The summed E-state index contributed by atoms with van der Waals surface area (Å²) < 4.78 is 0. The van der Waals surface area contributed by atoms with Crippen LogP contribution in [-0.2, 0) is 38.9 Å². The van der Waals surface area contributed by atoms with Gasteiger partial charge in [0.05, 0.1) is 50.3 Å². The molecule has 113 heavy (non-hydrogen) atoms. The van der Waals surface area contributed by atoms with Crippen LogP contribution in [0, 0.1) is 27.7 Å². The van der Waals surface area contributed by atoms with Crippen molar-refractivity contribution in [2.75, 3.05) is 19.6 Å². The topological polar surface area (TPSA) is 133 Å². The van der Waals surface area contributed by atoms with Crippen molar-refractivity contribution in [3.05, 3.63) is 306 Å². The Morgan fingerprint density at radius 2 is 0.655 bits per heavy atom. The van der Waals surface area contributed by atoms with Crippen molar-refractivity contribution >= 4 is 113 Å². The van der Waals surface area contributed by atoms with Gasteiger partial charge in [0, 0.05) is 27.9 Å². The molecule has 0 saturated heterocycles. The molecule has 0 unspecified atom stereocenters. The van der Waals surface area contributed by atoms with Crippen molar-refractivity contribution in [2.45, 2.75) is 191 Å². The Morgan fingerprint density at radius 3 is 1.09 bits per heavy atom. The van der Waals surface area contributed by atoms with Gasteiger partial charge in [0.1, 0.15) is 11.6 Å². The molecule has 4 heterocycles. The Labute approximate surface area is 664 Å². The van der Waals surface area contributed by atoms with Crippen molar-refractivity contribution < 1.29 is 19.2 Å². The van der Waals surface area contributed by atoms with E-state index in [2.05, 4.69) is 245 Å². The van der Waals surface area contributed by atoms with Gasteiger partial charge in [0.15, 0.2) is 46.4 Å². The molecule has 568 valence electrons. The minimum atomic E-state index is -0.395. The zero-order valence-electron chi connectivity index (χ0n) is 69.4. The summed E-state index contributed by atoms with van der Waals surface area (Å²) in [6.07, 6.45) is 7.82. The Bertz CT molecular complexity index is 6150. The van der Waals surface area contributed by atoms with Crippen LogP contribution in [0.3, 0.4) is 0 Å². The second-order valence-electron chi connectivity index (χ2n) is 37.8. The Kier molecular flexibility index (Phi) is 17.6. The van der Waals surface area contributed by atoms with Gasteiger partial charge in [-0.2, -0.15) is 0 Å². The lowest BCUT2D eigenvalue weighted by molar-refractivity contribution is 0.0973. The van der Waals surface area contributed by atoms with E-state index in [0.29, 0.717) is 74.6 Å². The highest BCUT2D eigenvalue weighted by molar-refractivity contribution is 6.41. The van der Waals surface area contributed by atoms with Crippen LogP contribution in [0.2, 0.25) is 0 Å². The summed E-state index contributed by atoms with van der Waals surface area (Å²) in [4.78, 5) is 91.2. The van der Waals surface area contributed by atoms with Crippen molar-refractivity contribution in [3.63, 3.8) is 0 Å². The number of hydrogen-bond donors (Lipinski definition) is 0. The third-order valence-corrected chi connectivity index (χ3v) is 22.8. The maximum atomic E-state index is 15.4. The minimum absolute atomic E-state index is 0.0759. The number of nitrogens with zero attached hydrogens (tertiary/aromatic N) is 8. The lowest BCUT2D eigenvalue weighted by atomic mass is 9.74. The highest BCUT2D eigenvalue weighted by Crippen LogP contribution is 2.57. The molecule has 0 atom stereocenters. The molecule has 16 rings (SSSR count). The number of aromatic nitrogens is 4. The van der Waals surface area contributed by atoms with E-state index in [9.17, 15) is 9.59 Å². The summed E-state index contributed by atoms with van der Waals surface area (Å²) in [6.45, 7) is 49.2. The lowest BCUT2D eigenvalue weighted by Crippen LogP contribution is -2.30. The van der Waals surface area contributed by atoms with E-state index >= 15 is 9.59 Å². The van der Waals surface area contributed by atoms with E-state index in [4.69, 9.17) is 19.9 Å². The van der Waals surface area contributed by atoms with Crippen LogP contribution in [-0.4, -0.2) is 43.1 Å². The van der Waals surface area contributed by atoms with E-state index in [1.165, 1.54) is 11.1 Å². The average Bonchev–Trinajstić information content (AvgIpc) is 1.59. The van der Waals surface area contributed by atoms with Gasteiger partial charge in [0.2, 0.25) is 0 Å². The standard InChI is InChI=1S/C101H100N8O4/c1-56-32-38-79-81(44-56)104-95-94(103-79)107(85-58(3)42-57(2)43-59(85)4)84(109(95)87-77(100(17,18)19)54-67(97(8,9)10)55-78(87)101(20,21)22)41-37-70-90(112)73-50-64-35-33-60(46-65(64)51-74(73)91(70)113)45-61-34-39-80-82(47-61)105-93-92(102-80)106(68-30-24-23-25-31-68)83(40-36-69-88(110)71-48-62-28-26-27-29-63(62)49-72(71)89(69)111)108(93)86-75(98(11,12)13)52-66(96(5,6)7)53-76(86)99(14,15)16/h23-44,46-55H,45H2,1-22H3/b70-37+,83-40-,84-41-. The van der Waals surface area contributed by atoms with Gasteiger partial charge >= 0.3 is 0 Å². The maximum absolute atomic E-state index is 15.4. The number of ketones is 4. The average molecular weight is 1490 g/mol. The van der Waals surface area contributed by atoms with Gasteiger partial charge < -0.3 is 0 Å². The predicted molar refractivity (Wildman–Crippen MR) is 465 cm³/mol. The monoisotopic (exact) mass is 1490 g/mol. The predicted octanol–water partition coefficient (Wildman–Crippen LogP) is 24.8. The number of aryl methyl sites for hydroxylation is 4. The molecule has 0 saturated carbocycles. The zero-order valence-corrected chi connectivity index (χ0v) is 69.4. The molecular formula is C101H100N8O4. The highest BCUT2D eigenvalue weighted by Gasteiger charge is 2.46. The molecule has 2 aliphatic carbocycles. The summed E-state index contributed by atoms with van der Waals surface area (Å²) in [6, 6.07) is 57.9. The maximum Gasteiger partial charge on any atom is 0.197 e. The van der Waals surface area contributed by atoms with Crippen LogP contribution in [0.5, 0.6) is 0 Å². The first-order chi connectivity index (χ1) is 53.1. The summed E-state index contributed by atoms with van der Waals surface area (Å²) in [5.74, 6) is 2.53. The number of carbonyl (C=O) groups excluding carboxylic acids is 4. The molecule has 0 radical (unpaired) electrons. The van der Waals surface area contributed by atoms with Crippen LogP contribution in [0.1, 0.15) is 233 Å². The van der Waals surface area contributed by atoms with Gasteiger partial charge in [-0.25, -0.2) is 19.9 Å². The van der Waals surface area contributed by atoms with E-state index < -0.39 is 10.8 Å². The van der Waals surface area contributed by atoms with Crippen molar-refractivity contribution in [2.24, 2.45) is 0 Å². The molecule has 2 aromatic heterocycles. The van der Waals surface area contributed by atoms with Crippen LogP contribution in [0.15, 0.2) is 217 Å². The fourth-order valence-corrected chi connectivity index (χ4v) is 16.9. The third-order valence-electron chi connectivity index (χ3n) is 22.8. The molecule has 0 amide bonds. The molecule has 12 aromatic rings. The van der Waals surface area contributed by atoms with Gasteiger partial charge in [-0.1, -0.05) is 239 Å². The number of fused-ring (bicyclic) bond motifs is 8. The van der Waals surface area contributed by atoms with Crippen molar-refractivity contribution in [1.82, 2.24) is 19.9 Å². The van der Waals surface area contributed by atoms with Crippen molar-refractivity contribution in [1.29, 1.82) is 0 Å². The lowest BCUT2D eigenvalue weighted by Gasteiger charge is -2.37. The summed E-state index contributed by atoms with van der Waals surface area (Å²) in [7, 11) is 0. The van der Waals surface area contributed by atoms with Gasteiger partial charge in [0.25, 0.3) is 0 Å². The van der Waals surface area contributed by atoms with E-state index in [1.54, 1.807) is 12.2 Å². The Balaban J connectivity index is 0.813. The smallest absolute Gasteiger partial charge is 0.197 e. The van der Waals surface area contributed by atoms with E-state index in [0.717, 1.165) is 111 Å². The summed E-state index contributed by atoms with van der Waals surface area (Å²) in [5, 5.41) is 3.46. The highest BCUT2D eigenvalue weighted by atomic mass is 16.2. The van der Waals surface area contributed by atoms with E-state index in [1.807, 2.05) is 109 Å². The minimum Gasteiger partial charge on any atom is -0.288 e. The van der Waals surface area contributed by atoms with Crippen LogP contribution >= 0.6 is 0 Å². The van der Waals surface area contributed by atoms with Gasteiger partial charge in [-0.15, -0.1) is 0 Å². The number of carbonyl (C=O) groups is 4. The molecule has 0 N–H and O–H groups in total. The largest absolute Gasteiger partial charge is 0.288 e. The van der Waals surface area contributed by atoms with Crippen molar-refractivity contribution in [3.8, 4) is 0 Å². The summed E-state index contributed by atoms with van der Waals surface area (Å²) in [5.41, 5.74) is 19.6. The first-order valence-corrected chi connectivity index (χ1v) is 39.5. The number of rotatable bonds is 8. The molecule has 2 aliphatic heterocycles. The molecule has 4 aliphatic rings. The molecule has 12 nitrogen and oxygen atoms in total. The molecule has 10 aromatic carbocycles. The number of Topliss-reactive ketones (excluding diaryl/α,β-unsaturated/α-hetero) is 4. The molecule has 12 heteroatoms. The van der Waals surface area contributed by atoms with Gasteiger partial charge in [-0.05, 0) is 234 Å². The first kappa shape index (κ1) is 75.3. The Morgan fingerprint density at radius 1 is 0.301 bits per heavy atom. The van der Waals surface area contributed by atoms with Crippen LogP contribution < -0.4 is 19.6 Å². The third kappa shape index (κ3) is 13.1. The number of allylic oxidation sites excluding steroid dienone is 6. The second-order valence-corrected chi connectivity index (χ2v) is 37.8. The zero-order chi connectivity index (χ0) is 80.6. The SMILES string of the molecule is Cc1cc(C)c(N2/C(=C/C=C3\C(=O)c4cc5ccc(Cc6ccc7nc8c(nc7c6)N(c6c(C(C)(C)C)cc(C(C)(C)C)cc6C(C)(C)C)/C(=C\C=C6C(=O)c7cc9ccccc9cc7C6=O)N8c6ccccc6)cc5cc4C3=O)N(c3c(C(C)(C)C)cc(C(C)(C)C)cc3C(C)(C)C)c3nc4cc(C)ccc4nc32)c(C)c1. The second kappa shape index (κ2) is 26.4. The number of hydrogen-bond acceptors (Lipinski definition) is 12. The molecule has 0 spiro atoms. The number of anilines is 8. The molecule has 0 bridgehead atoms. The fraction of sp³-hybridized carbons (Fsp3) is 0.287. The molecular weight excluding hydrogens is 1390 g/mol. The Hall–Kier alpha value is -11.8. The normalized spacial score (nSPS) is 15.9.